The van der Waals surface area contributed by atoms with Crippen LogP contribution in [0.15, 0.2) is 23.1 Å². The number of nitrogens with zero attached hydrogens (tertiary/aromatic N) is 1. The van der Waals surface area contributed by atoms with E-state index in [2.05, 4.69) is 12.6 Å². The first-order valence-corrected chi connectivity index (χ1v) is 4.09. The molecule has 0 radical (unpaired) electrons. The molecule has 0 N–H and O–H groups in total. The fourth-order valence-corrected chi connectivity index (χ4v) is 1.36. The molecule has 60 valence electrons. The molecule has 1 aromatic carbocycles. The zero-order valence-electron chi connectivity index (χ0n) is 6.50. The lowest BCUT2D eigenvalue weighted by molar-refractivity contribution is 1.10. The van der Waals surface area contributed by atoms with Crippen molar-refractivity contribution in [3.05, 3.63) is 23.2 Å². The highest BCUT2D eigenvalue weighted by Crippen LogP contribution is 2.25. The van der Waals surface area contributed by atoms with Crippen molar-refractivity contribution in [1.82, 2.24) is 0 Å². The van der Waals surface area contributed by atoms with Gasteiger partial charge in [-0.15, -0.1) is 12.6 Å². The quantitative estimate of drug-likeness (QED) is 0.662. The largest absolute Gasteiger partial charge is 0.377 e. The highest BCUT2D eigenvalue weighted by atomic mass is 35.5. The van der Waals surface area contributed by atoms with Crippen LogP contribution in [0.5, 0.6) is 0 Å². The summed E-state index contributed by atoms with van der Waals surface area (Å²) >= 11 is 10.1. The summed E-state index contributed by atoms with van der Waals surface area (Å²) in [4.78, 5) is 2.92. The third-order valence-corrected chi connectivity index (χ3v) is 2.03. The number of hydrogen-bond acceptors (Lipinski definition) is 2. The van der Waals surface area contributed by atoms with E-state index < -0.39 is 0 Å². The maximum absolute atomic E-state index is 5.80. The molecule has 0 aromatic heterocycles. The number of thiol groups is 1. The lowest BCUT2D eigenvalue weighted by Crippen LogP contribution is -2.09. The van der Waals surface area contributed by atoms with E-state index >= 15 is 0 Å². The first-order valence-electron chi connectivity index (χ1n) is 3.27. The molecule has 0 unspecified atom stereocenters. The van der Waals surface area contributed by atoms with Gasteiger partial charge in [-0.3, -0.25) is 0 Å². The second kappa shape index (κ2) is 3.37. The van der Waals surface area contributed by atoms with E-state index in [1.54, 1.807) is 0 Å². The van der Waals surface area contributed by atoms with Gasteiger partial charge in [0.1, 0.15) is 0 Å². The smallest absolute Gasteiger partial charge is 0.0511 e. The predicted molar refractivity (Wildman–Crippen MR) is 53.0 cm³/mol. The van der Waals surface area contributed by atoms with Crippen LogP contribution in [0.1, 0.15) is 0 Å². The Labute approximate surface area is 77.4 Å². The molecule has 1 rings (SSSR count). The summed E-state index contributed by atoms with van der Waals surface area (Å²) < 4.78 is 0. The van der Waals surface area contributed by atoms with Crippen molar-refractivity contribution in [2.24, 2.45) is 0 Å². The molecule has 1 aromatic rings. The van der Waals surface area contributed by atoms with Gasteiger partial charge in [0.05, 0.1) is 5.69 Å². The molecule has 0 heterocycles. The summed E-state index contributed by atoms with van der Waals surface area (Å²) in [6.07, 6.45) is 0. The number of anilines is 1. The van der Waals surface area contributed by atoms with Gasteiger partial charge in [0, 0.05) is 24.0 Å². The van der Waals surface area contributed by atoms with Crippen LogP contribution in [0, 0.1) is 0 Å². The van der Waals surface area contributed by atoms with Crippen molar-refractivity contribution in [3.63, 3.8) is 0 Å². The van der Waals surface area contributed by atoms with Crippen LogP contribution >= 0.6 is 24.2 Å². The molecule has 0 aliphatic rings. The molecule has 0 bridgehead atoms. The van der Waals surface area contributed by atoms with Crippen molar-refractivity contribution in [1.29, 1.82) is 0 Å². The van der Waals surface area contributed by atoms with Gasteiger partial charge in [-0.1, -0.05) is 11.6 Å². The molecule has 0 spiro atoms. The molecule has 1 nitrogen and oxygen atoms in total. The van der Waals surface area contributed by atoms with Gasteiger partial charge < -0.3 is 4.90 Å². The van der Waals surface area contributed by atoms with E-state index in [9.17, 15) is 0 Å². The third kappa shape index (κ3) is 2.04. The fourth-order valence-electron chi connectivity index (χ4n) is 0.855. The van der Waals surface area contributed by atoms with Crippen LogP contribution in [0.3, 0.4) is 0 Å². The van der Waals surface area contributed by atoms with E-state index in [0.717, 1.165) is 15.6 Å². The summed E-state index contributed by atoms with van der Waals surface area (Å²) in [5, 5.41) is 0.742. The van der Waals surface area contributed by atoms with Gasteiger partial charge in [0.15, 0.2) is 0 Å². The summed E-state index contributed by atoms with van der Waals surface area (Å²) in [7, 11) is 3.93. The molecular formula is C8H10ClNS. The number of benzene rings is 1. The summed E-state index contributed by atoms with van der Waals surface area (Å²) in [6, 6.07) is 5.61. The van der Waals surface area contributed by atoms with Gasteiger partial charge in [-0.05, 0) is 18.2 Å². The van der Waals surface area contributed by atoms with Crippen molar-refractivity contribution in [2.45, 2.75) is 4.90 Å². The lowest BCUT2D eigenvalue weighted by atomic mass is 10.3. The molecule has 3 heteroatoms. The van der Waals surface area contributed by atoms with Crippen LogP contribution in [-0.4, -0.2) is 14.1 Å². The first-order chi connectivity index (χ1) is 5.11. The fraction of sp³-hybridized carbons (Fsp3) is 0.250. The Morgan fingerprint density at radius 2 is 2.00 bits per heavy atom. The van der Waals surface area contributed by atoms with Crippen LogP contribution < -0.4 is 4.90 Å². The van der Waals surface area contributed by atoms with Crippen LogP contribution in [0.4, 0.5) is 5.69 Å². The van der Waals surface area contributed by atoms with Gasteiger partial charge >= 0.3 is 0 Å². The molecule has 0 saturated carbocycles. The Morgan fingerprint density at radius 1 is 1.36 bits per heavy atom. The van der Waals surface area contributed by atoms with Gasteiger partial charge in [0.25, 0.3) is 0 Å². The Kier molecular flexibility index (Phi) is 2.68. The monoisotopic (exact) mass is 187 g/mol. The molecule has 0 aliphatic heterocycles. The van der Waals surface area contributed by atoms with Crippen molar-refractivity contribution in [2.75, 3.05) is 19.0 Å². The van der Waals surface area contributed by atoms with Gasteiger partial charge in [-0.25, -0.2) is 0 Å². The second-order valence-electron chi connectivity index (χ2n) is 2.53. The van der Waals surface area contributed by atoms with E-state index in [-0.39, 0.29) is 0 Å². The molecule has 0 fully saturated rings. The van der Waals surface area contributed by atoms with E-state index in [4.69, 9.17) is 11.6 Å². The van der Waals surface area contributed by atoms with E-state index in [0.29, 0.717) is 0 Å². The standard InChI is InChI=1S/C8H10ClNS/c1-10(2)7-5-6(9)3-4-8(7)11/h3-5,11H,1-2H3. The molecule has 0 aliphatic carbocycles. The number of halogens is 1. The maximum Gasteiger partial charge on any atom is 0.0511 e. The third-order valence-electron chi connectivity index (χ3n) is 1.42. The number of hydrogen-bond donors (Lipinski definition) is 1. The average molecular weight is 188 g/mol. The molecule has 0 atom stereocenters. The van der Waals surface area contributed by atoms with Crippen molar-refractivity contribution >= 4 is 29.9 Å². The van der Waals surface area contributed by atoms with Gasteiger partial charge in [0.2, 0.25) is 0 Å². The molecule has 11 heavy (non-hydrogen) atoms. The van der Waals surface area contributed by atoms with Gasteiger partial charge in [-0.2, -0.15) is 0 Å². The molecule has 0 amide bonds. The van der Waals surface area contributed by atoms with Crippen LogP contribution in [0.2, 0.25) is 5.02 Å². The minimum Gasteiger partial charge on any atom is -0.377 e. The normalized spacial score (nSPS) is 9.82. The Bertz CT molecular complexity index is 260. The topological polar surface area (TPSA) is 3.24 Å². The molecule has 0 saturated heterocycles. The molecular weight excluding hydrogens is 178 g/mol. The highest BCUT2D eigenvalue weighted by Gasteiger charge is 2.00. The maximum atomic E-state index is 5.80. The van der Waals surface area contributed by atoms with Crippen molar-refractivity contribution < 1.29 is 0 Å². The summed E-state index contributed by atoms with van der Waals surface area (Å²) in [5.41, 5.74) is 1.04. The summed E-state index contributed by atoms with van der Waals surface area (Å²) in [6.45, 7) is 0. The number of rotatable bonds is 1. The summed E-state index contributed by atoms with van der Waals surface area (Å²) in [5.74, 6) is 0. The Morgan fingerprint density at radius 3 is 2.45 bits per heavy atom. The average Bonchev–Trinajstić information content (AvgIpc) is 1.94. The Hall–Kier alpha value is -0.340. The zero-order chi connectivity index (χ0) is 8.43. The predicted octanol–water partition coefficient (Wildman–Crippen LogP) is 2.69. The highest BCUT2D eigenvalue weighted by molar-refractivity contribution is 7.80. The van der Waals surface area contributed by atoms with Crippen LogP contribution in [-0.2, 0) is 0 Å². The van der Waals surface area contributed by atoms with E-state index in [1.165, 1.54) is 0 Å². The first kappa shape index (κ1) is 8.75. The van der Waals surface area contributed by atoms with Crippen molar-refractivity contribution in [3.8, 4) is 0 Å². The minimum absolute atomic E-state index is 0.742. The Balaban J connectivity index is 3.13. The van der Waals surface area contributed by atoms with E-state index in [1.807, 2.05) is 37.2 Å². The van der Waals surface area contributed by atoms with Crippen LogP contribution in [0.25, 0.3) is 0 Å². The minimum atomic E-state index is 0.742. The second-order valence-corrected chi connectivity index (χ2v) is 3.45. The lowest BCUT2D eigenvalue weighted by Gasteiger charge is -2.14. The SMILES string of the molecule is CN(C)c1cc(Cl)ccc1S. The zero-order valence-corrected chi connectivity index (χ0v) is 8.15.